The zero-order valence-corrected chi connectivity index (χ0v) is 15.6. The molecule has 142 valence electrons. The van der Waals surface area contributed by atoms with Gasteiger partial charge in [-0.05, 0) is 36.6 Å². The van der Waals surface area contributed by atoms with Gasteiger partial charge in [0, 0.05) is 38.2 Å². The molecule has 0 atom stereocenters. The summed E-state index contributed by atoms with van der Waals surface area (Å²) in [5.41, 5.74) is 8.86. The van der Waals surface area contributed by atoms with Crippen molar-refractivity contribution in [1.29, 1.82) is 0 Å². The van der Waals surface area contributed by atoms with Crippen molar-refractivity contribution in [3.8, 4) is 0 Å². The number of nitrogens with two attached hydrogens (primary N) is 1. The van der Waals surface area contributed by atoms with Crippen LogP contribution in [0.5, 0.6) is 0 Å². The fourth-order valence-corrected chi connectivity index (χ4v) is 3.49. The Kier molecular flexibility index (Phi) is 6.60. The smallest absolute Gasteiger partial charge is 0.227 e. The quantitative estimate of drug-likeness (QED) is 0.782. The van der Waals surface area contributed by atoms with Crippen LogP contribution in [-0.4, -0.2) is 36.3 Å². The second-order valence-electron chi connectivity index (χ2n) is 6.87. The molecule has 1 aliphatic heterocycles. The van der Waals surface area contributed by atoms with Gasteiger partial charge in [0.1, 0.15) is 0 Å². The van der Waals surface area contributed by atoms with Gasteiger partial charge < -0.3 is 15.5 Å². The Balaban J connectivity index is 1.66. The molecule has 0 bridgehead atoms. The average molecular weight is 365 g/mol. The topological polar surface area (TPSA) is 66.6 Å². The molecule has 0 unspecified atom stereocenters. The minimum Gasteiger partial charge on any atom is -0.338 e. The number of carbonyl (C=O) groups is 2. The highest BCUT2D eigenvalue weighted by atomic mass is 16.2. The number of amides is 2. The van der Waals surface area contributed by atoms with E-state index in [-0.39, 0.29) is 11.8 Å². The van der Waals surface area contributed by atoms with Gasteiger partial charge in [-0.2, -0.15) is 0 Å². The maximum absolute atomic E-state index is 12.9. The molecule has 0 radical (unpaired) electrons. The van der Waals surface area contributed by atoms with E-state index in [1.54, 1.807) is 4.90 Å². The fraction of sp³-hybridized carbons (Fsp3) is 0.364. The van der Waals surface area contributed by atoms with Crippen LogP contribution in [-0.2, 0) is 22.6 Å². The van der Waals surface area contributed by atoms with Crippen molar-refractivity contribution in [1.82, 2.24) is 4.90 Å². The van der Waals surface area contributed by atoms with E-state index in [0.29, 0.717) is 39.0 Å². The van der Waals surface area contributed by atoms with Gasteiger partial charge >= 0.3 is 0 Å². The highest BCUT2D eigenvalue weighted by Crippen LogP contribution is 2.27. The SMILES string of the molecule is NCCCN(Cc1ccccc1)C(=O)CCN1C(=O)CCc2ccccc21. The molecule has 1 aliphatic rings. The van der Waals surface area contributed by atoms with Crippen molar-refractivity contribution in [3.05, 3.63) is 65.7 Å². The predicted octanol–water partition coefficient (Wildman–Crippen LogP) is 2.73. The van der Waals surface area contributed by atoms with Gasteiger partial charge in [-0.25, -0.2) is 0 Å². The molecule has 1 heterocycles. The van der Waals surface area contributed by atoms with E-state index < -0.39 is 0 Å². The van der Waals surface area contributed by atoms with Crippen LogP contribution < -0.4 is 10.6 Å². The van der Waals surface area contributed by atoms with Crippen molar-refractivity contribution in [2.75, 3.05) is 24.5 Å². The van der Waals surface area contributed by atoms with E-state index in [1.165, 1.54) is 5.56 Å². The molecule has 2 N–H and O–H groups in total. The lowest BCUT2D eigenvalue weighted by atomic mass is 10.0. The van der Waals surface area contributed by atoms with E-state index in [1.807, 2.05) is 53.4 Å². The van der Waals surface area contributed by atoms with Crippen molar-refractivity contribution in [3.63, 3.8) is 0 Å². The number of fused-ring (bicyclic) bond motifs is 1. The van der Waals surface area contributed by atoms with Crippen molar-refractivity contribution in [2.45, 2.75) is 32.2 Å². The van der Waals surface area contributed by atoms with E-state index in [4.69, 9.17) is 5.73 Å². The van der Waals surface area contributed by atoms with Gasteiger partial charge in [-0.3, -0.25) is 9.59 Å². The van der Waals surface area contributed by atoms with E-state index in [2.05, 4.69) is 6.07 Å². The van der Waals surface area contributed by atoms with Crippen molar-refractivity contribution in [2.24, 2.45) is 5.73 Å². The zero-order valence-electron chi connectivity index (χ0n) is 15.6. The summed E-state index contributed by atoms with van der Waals surface area (Å²) in [5.74, 6) is 0.154. The summed E-state index contributed by atoms with van der Waals surface area (Å²) >= 11 is 0. The highest BCUT2D eigenvalue weighted by Gasteiger charge is 2.25. The summed E-state index contributed by atoms with van der Waals surface area (Å²) in [6, 6.07) is 17.9. The normalized spacial score (nSPS) is 13.4. The Morgan fingerprint density at radius 3 is 2.56 bits per heavy atom. The molecule has 0 spiro atoms. The first-order valence-corrected chi connectivity index (χ1v) is 9.59. The highest BCUT2D eigenvalue weighted by molar-refractivity contribution is 5.97. The van der Waals surface area contributed by atoms with Crippen molar-refractivity contribution < 1.29 is 9.59 Å². The lowest BCUT2D eigenvalue weighted by molar-refractivity contribution is -0.131. The molecular weight excluding hydrogens is 338 g/mol. The molecule has 0 aliphatic carbocycles. The van der Waals surface area contributed by atoms with Crippen molar-refractivity contribution >= 4 is 17.5 Å². The van der Waals surface area contributed by atoms with Crippen LogP contribution in [0.1, 0.15) is 30.4 Å². The predicted molar refractivity (Wildman–Crippen MR) is 107 cm³/mol. The second-order valence-corrected chi connectivity index (χ2v) is 6.87. The summed E-state index contributed by atoms with van der Waals surface area (Å²) in [5, 5.41) is 0. The van der Waals surface area contributed by atoms with E-state index in [0.717, 1.165) is 24.1 Å². The average Bonchev–Trinajstić information content (AvgIpc) is 2.71. The number of carbonyl (C=O) groups excluding carboxylic acids is 2. The van der Waals surface area contributed by atoms with Gasteiger partial charge in [0.05, 0.1) is 0 Å². The lowest BCUT2D eigenvalue weighted by Gasteiger charge is -2.30. The summed E-state index contributed by atoms with van der Waals surface area (Å²) in [4.78, 5) is 28.9. The summed E-state index contributed by atoms with van der Waals surface area (Å²) < 4.78 is 0. The minimum atomic E-state index is 0.0585. The largest absolute Gasteiger partial charge is 0.338 e. The number of hydrogen-bond donors (Lipinski definition) is 1. The first-order chi connectivity index (χ1) is 13.2. The molecule has 0 saturated heterocycles. The molecule has 0 aromatic heterocycles. The maximum Gasteiger partial charge on any atom is 0.227 e. The third-order valence-corrected chi connectivity index (χ3v) is 4.94. The van der Waals surface area contributed by atoms with Crippen LogP contribution >= 0.6 is 0 Å². The fourth-order valence-electron chi connectivity index (χ4n) is 3.49. The zero-order chi connectivity index (χ0) is 19.1. The van der Waals surface area contributed by atoms with Gasteiger partial charge in [0.25, 0.3) is 0 Å². The standard InChI is InChI=1S/C22H27N3O2/c23-14-6-15-24(17-18-7-2-1-3-8-18)21(26)13-16-25-20-10-5-4-9-19(20)11-12-22(25)27/h1-5,7-10H,6,11-17,23H2. The molecule has 0 saturated carbocycles. The van der Waals surface area contributed by atoms with E-state index in [9.17, 15) is 9.59 Å². The number of para-hydroxylation sites is 1. The molecular formula is C22H27N3O2. The summed E-state index contributed by atoms with van der Waals surface area (Å²) in [7, 11) is 0. The Bertz CT molecular complexity index is 776. The molecule has 5 nitrogen and oxygen atoms in total. The van der Waals surface area contributed by atoms with Crippen LogP contribution in [0.3, 0.4) is 0 Å². The third-order valence-electron chi connectivity index (χ3n) is 4.94. The molecule has 27 heavy (non-hydrogen) atoms. The molecule has 0 fully saturated rings. The van der Waals surface area contributed by atoms with Gasteiger partial charge in [-0.1, -0.05) is 48.5 Å². The Morgan fingerprint density at radius 2 is 1.78 bits per heavy atom. The first kappa shape index (κ1) is 19.1. The number of nitrogens with zero attached hydrogens (tertiary/aromatic N) is 2. The van der Waals surface area contributed by atoms with Crippen LogP contribution in [0.15, 0.2) is 54.6 Å². The molecule has 5 heteroatoms. The van der Waals surface area contributed by atoms with Gasteiger partial charge in [-0.15, -0.1) is 0 Å². The summed E-state index contributed by atoms with van der Waals surface area (Å²) in [6.45, 7) is 2.18. The number of anilines is 1. The van der Waals surface area contributed by atoms with Crippen LogP contribution in [0.25, 0.3) is 0 Å². The van der Waals surface area contributed by atoms with Crippen LogP contribution in [0.4, 0.5) is 5.69 Å². The number of aryl methyl sites for hydroxylation is 1. The minimum absolute atomic E-state index is 0.0585. The van der Waals surface area contributed by atoms with Crippen LogP contribution in [0, 0.1) is 0 Å². The second kappa shape index (κ2) is 9.33. The number of benzene rings is 2. The van der Waals surface area contributed by atoms with Gasteiger partial charge in [0.15, 0.2) is 0 Å². The Labute approximate surface area is 160 Å². The molecule has 2 amide bonds. The lowest BCUT2D eigenvalue weighted by Crippen LogP contribution is -2.39. The maximum atomic E-state index is 12.9. The van der Waals surface area contributed by atoms with Crippen LogP contribution in [0.2, 0.25) is 0 Å². The monoisotopic (exact) mass is 365 g/mol. The number of rotatable bonds is 8. The molecule has 2 aromatic rings. The van der Waals surface area contributed by atoms with Gasteiger partial charge in [0.2, 0.25) is 11.8 Å². The molecule has 3 rings (SSSR count). The number of hydrogen-bond acceptors (Lipinski definition) is 3. The van der Waals surface area contributed by atoms with E-state index >= 15 is 0 Å². The first-order valence-electron chi connectivity index (χ1n) is 9.59. The third kappa shape index (κ3) is 4.95. The summed E-state index contributed by atoms with van der Waals surface area (Å²) in [6.07, 6.45) is 2.36. The Hall–Kier alpha value is -2.66. The Morgan fingerprint density at radius 1 is 1.04 bits per heavy atom. The molecule has 2 aromatic carbocycles.